The molecule has 77 heavy (non-hydrogen) atoms. The number of hydrogen-bond acceptors (Lipinski definition) is 17. The van der Waals surface area contributed by atoms with Crippen LogP contribution in [0.2, 0.25) is 0 Å². The summed E-state index contributed by atoms with van der Waals surface area (Å²) < 4.78 is 61.8. The number of benzene rings is 2. The lowest BCUT2D eigenvalue weighted by molar-refractivity contribution is -0.384. The molecule has 2 saturated carbocycles. The molecule has 10 rings (SSSR count). The molecule has 408 valence electrons. The van der Waals surface area contributed by atoms with E-state index in [9.17, 15) is 32.8 Å². The maximum atomic E-state index is 14.9. The van der Waals surface area contributed by atoms with Crippen molar-refractivity contribution in [2.24, 2.45) is 11.3 Å². The highest BCUT2D eigenvalue weighted by molar-refractivity contribution is 7.90. The van der Waals surface area contributed by atoms with Gasteiger partial charge in [-0.25, -0.2) is 32.5 Å². The van der Waals surface area contributed by atoms with Crippen molar-refractivity contribution in [3.05, 3.63) is 118 Å². The minimum absolute atomic E-state index is 0.0196. The zero-order chi connectivity index (χ0) is 54.2. The third-order valence-electron chi connectivity index (χ3n) is 16.2. The number of pyridine rings is 2. The van der Waals surface area contributed by atoms with Crippen molar-refractivity contribution >= 4 is 44.2 Å². The number of methoxy groups -OCH3 is 2. The van der Waals surface area contributed by atoms with Crippen molar-refractivity contribution in [1.82, 2.24) is 39.4 Å². The van der Waals surface area contributed by atoms with Gasteiger partial charge in [0.2, 0.25) is 5.82 Å². The topological polar surface area (TPSA) is 243 Å². The summed E-state index contributed by atoms with van der Waals surface area (Å²) in [5.41, 5.74) is 3.33. The van der Waals surface area contributed by atoms with Crippen LogP contribution in [0, 0.1) is 27.3 Å². The lowest BCUT2D eigenvalue weighted by Gasteiger charge is -2.58. The third kappa shape index (κ3) is 11.5. The lowest BCUT2D eigenvalue weighted by Crippen LogP contribution is -2.60. The summed E-state index contributed by atoms with van der Waals surface area (Å²) in [4.78, 5) is 52.5. The highest BCUT2D eigenvalue weighted by atomic mass is 32.2. The first-order valence-corrected chi connectivity index (χ1v) is 27.8. The molecule has 4 aromatic heterocycles. The van der Waals surface area contributed by atoms with Crippen LogP contribution in [0.25, 0.3) is 11.0 Å². The molecule has 6 aromatic rings. The number of aliphatic hydroxyl groups is 1. The van der Waals surface area contributed by atoms with E-state index in [1.165, 1.54) is 30.4 Å². The van der Waals surface area contributed by atoms with Gasteiger partial charge in [-0.1, -0.05) is 38.1 Å². The number of carbonyl (C=O) groups is 1. The molecular formula is C55H66FN11O9S. The Hall–Kier alpha value is -7.01. The molecule has 6 heterocycles. The van der Waals surface area contributed by atoms with E-state index in [0.29, 0.717) is 63.3 Å². The number of carbonyl (C=O) groups excluding carboxylic acids is 1. The molecule has 1 amide bonds. The number of nitro groups is 1. The Kier molecular flexibility index (Phi) is 15.1. The quantitative estimate of drug-likeness (QED) is 0.0494. The number of piperidine rings is 1. The molecule has 1 spiro atoms. The minimum Gasteiger partial charge on any atom is -0.478 e. The van der Waals surface area contributed by atoms with Crippen molar-refractivity contribution < 1.29 is 41.8 Å². The molecule has 22 heteroatoms. The van der Waals surface area contributed by atoms with Crippen LogP contribution >= 0.6 is 0 Å². The van der Waals surface area contributed by atoms with E-state index in [1.807, 2.05) is 12.4 Å². The highest BCUT2D eigenvalue weighted by Gasteiger charge is 2.50. The van der Waals surface area contributed by atoms with Crippen molar-refractivity contribution in [1.29, 1.82) is 0 Å². The van der Waals surface area contributed by atoms with E-state index >= 15 is 0 Å². The maximum absolute atomic E-state index is 14.9. The number of amides is 1. The number of aromatic amines is 1. The fourth-order valence-corrected chi connectivity index (χ4v) is 12.7. The van der Waals surface area contributed by atoms with Gasteiger partial charge < -0.3 is 34.5 Å². The smallest absolute Gasteiger partial charge is 0.316 e. The van der Waals surface area contributed by atoms with Gasteiger partial charge in [0, 0.05) is 106 Å². The fraction of sp³-hybridized carbons (Fsp3) is 0.473. The van der Waals surface area contributed by atoms with E-state index in [2.05, 4.69) is 87.8 Å². The van der Waals surface area contributed by atoms with Gasteiger partial charge in [0.05, 0.1) is 41.9 Å². The van der Waals surface area contributed by atoms with Crippen LogP contribution in [-0.2, 0) is 16.6 Å². The van der Waals surface area contributed by atoms with E-state index in [0.717, 1.165) is 81.6 Å². The van der Waals surface area contributed by atoms with Crippen LogP contribution in [0.4, 0.5) is 21.6 Å². The number of piperazine rings is 1. The SMILES string of the molecule is COc1ncc(CN2CCN(C3CC4(CCN(c5ccc(C(=O)NS(=O)(=O)c6cnc(NCC7CCC(C)(O)CC7)c([N+](=O)[O-])c6)c(Oc6cc7c(F)c[nH]c7nc6OC)c5)CC4)C3)[C@H](c3ccccc3C(C)C)C2)cn1. The number of nitrogens with zero attached hydrogens (tertiary/aromatic N) is 8. The summed E-state index contributed by atoms with van der Waals surface area (Å²) in [6.07, 6.45) is 12.4. The number of hydrogen-bond donors (Lipinski definition) is 4. The Morgan fingerprint density at radius 1 is 0.961 bits per heavy atom. The lowest BCUT2D eigenvalue weighted by atomic mass is 9.59. The van der Waals surface area contributed by atoms with Crippen molar-refractivity contribution in [3.8, 4) is 23.4 Å². The molecular weight excluding hydrogens is 1010 g/mol. The van der Waals surface area contributed by atoms with Crippen LogP contribution in [0.15, 0.2) is 84.3 Å². The van der Waals surface area contributed by atoms with Crippen LogP contribution in [0.5, 0.6) is 23.4 Å². The summed E-state index contributed by atoms with van der Waals surface area (Å²) in [6.45, 7) is 11.5. The van der Waals surface area contributed by atoms with Crippen LogP contribution in [0.1, 0.15) is 111 Å². The molecule has 0 unspecified atom stereocenters. The number of sulfonamides is 1. The number of aromatic nitrogens is 5. The normalized spacial score (nSPS) is 21.2. The molecule has 4 aliphatic rings. The second kappa shape index (κ2) is 21.8. The minimum atomic E-state index is -4.75. The van der Waals surface area contributed by atoms with Gasteiger partial charge in [-0.15, -0.1) is 0 Å². The summed E-state index contributed by atoms with van der Waals surface area (Å²) in [5.74, 6) is -1.41. The first kappa shape index (κ1) is 53.4. The van der Waals surface area contributed by atoms with Crippen LogP contribution < -0.4 is 29.1 Å². The van der Waals surface area contributed by atoms with Crippen LogP contribution in [0.3, 0.4) is 0 Å². The van der Waals surface area contributed by atoms with Gasteiger partial charge in [-0.3, -0.25) is 24.7 Å². The van der Waals surface area contributed by atoms with Gasteiger partial charge in [0.15, 0.2) is 5.75 Å². The fourth-order valence-electron chi connectivity index (χ4n) is 11.8. The Bertz CT molecular complexity index is 3240. The molecule has 2 aliphatic heterocycles. The molecule has 1 atom stereocenters. The molecule has 4 fully saturated rings. The predicted molar refractivity (Wildman–Crippen MR) is 286 cm³/mol. The standard InChI is InChI=1S/C55H66FN11O9S/c1-34(2)40-8-6-7-9-41(40)46-33-64(32-36-28-60-53(75-5)61-29-36)20-21-66(46)38-25-55(26-38)16-18-65(19-17-55)37-10-11-42(47(22-37)76-48-24-43-44(56)31-59-49(43)62-52(48)74-4)51(68)63-77(72,73)39-23-45(67(70)71)50(58-30-39)57-27-35-12-14-54(3,69)15-13-35/h6-11,22-24,28-31,34-35,38,46,69H,12-21,25-27,32-33H2,1-5H3,(H,57,58)(H,59,62)(H,63,68)/t35?,46-,54?/m0/s1. The zero-order valence-corrected chi connectivity index (χ0v) is 44.8. The van der Waals surface area contributed by atoms with Crippen molar-refractivity contribution in [2.45, 2.75) is 107 Å². The number of rotatable bonds is 17. The number of ether oxygens (including phenoxy) is 3. The highest BCUT2D eigenvalue weighted by Crippen LogP contribution is 2.53. The molecule has 4 N–H and O–H groups in total. The largest absolute Gasteiger partial charge is 0.478 e. The third-order valence-corrected chi connectivity index (χ3v) is 17.5. The summed E-state index contributed by atoms with van der Waals surface area (Å²) in [6, 6.07) is 16.9. The van der Waals surface area contributed by atoms with Gasteiger partial charge in [-0.05, 0) is 98.8 Å². The number of fused-ring (bicyclic) bond motifs is 1. The van der Waals surface area contributed by atoms with Gasteiger partial charge in [0.1, 0.15) is 22.1 Å². The molecule has 2 saturated heterocycles. The Labute approximate surface area is 447 Å². The second-order valence-electron chi connectivity index (χ2n) is 21.8. The molecule has 0 bridgehead atoms. The average molecular weight is 1080 g/mol. The molecule has 2 aromatic carbocycles. The Morgan fingerprint density at radius 3 is 2.40 bits per heavy atom. The molecule has 2 aliphatic carbocycles. The van der Waals surface area contributed by atoms with E-state index in [4.69, 9.17) is 14.2 Å². The second-order valence-corrected chi connectivity index (χ2v) is 23.4. The van der Waals surface area contributed by atoms with Crippen molar-refractivity contribution in [3.63, 3.8) is 0 Å². The van der Waals surface area contributed by atoms with E-state index in [1.54, 1.807) is 26.2 Å². The molecule has 20 nitrogen and oxygen atoms in total. The van der Waals surface area contributed by atoms with Gasteiger partial charge >= 0.3 is 11.7 Å². The van der Waals surface area contributed by atoms with Gasteiger partial charge in [0.25, 0.3) is 21.8 Å². The number of nitrogens with one attached hydrogen (secondary N) is 3. The number of halogens is 1. The monoisotopic (exact) mass is 1080 g/mol. The Balaban J connectivity index is 0.856. The summed E-state index contributed by atoms with van der Waals surface area (Å²) in [5, 5.41) is 25.7. The number of H-pyrrole nitrogens is 1. The summed E-state index contributed by atoms with van der Waals surface area (Å²) >= 11 is 0. The van der Waals surface area contributed by atoms with E-state index in [-0.39, 0.29) is 57.2 Å². The zero-order valence-electron chi connectivity index (χ0n) is 44.0. The Morgan fingerprint density at radius 2 is 1.70 bits per heavy atom. The maximum Gasteiger partial charge on any atom is 0.316 e. The first-order valence-electron chi connectivity index (χ1n) is 26.3. The average Bonchev–Trinajstić information content (AvgIpc) is 3.82. The van der Waals surface area contributed by atoms with Gasteiger partial charge in [-0.2, -0.15) is 4.98 Å². The summed E-state index contributed by atoms with van der Waals surface area (Å²) in [7, 11) is -1.82. The van der Waals surface area contributed by atoms with Crippen molar-refractivity contribution in [2.75, 3.05) is 63.7 Å². The number of anilines is 2. The predicted octanol–water partition coefficient (Wildman–Crippen LogP) is 8.51. The van der Waals surface area contributed by atoms with Crippen LogP contribution in [-0.4, -0.2) is 124 Å². The van der Waals surface area contributed by atoms with E-state index < -0.39 is 42.9 Å². The first-order chi connectivity index (χ1) is 36.9. The molecule has 0 radical (unpaired) electrons.